The number of allylic oxidation sites excluding steroid dienone is 1. The van der Waals surface area contributed by atoms with Crippen molar-refractivity contribution in [2.75, 3.05) is 12.3 Å². The van der Waals surface area contributed by atoms with Crippen LogP contribution >= 0.6 is 39.0 Å². The Kier molecular flexibility index (Phi) is 7.47. The van der Waals surface area contributed by atoms with Crippen LogP contribution in [0.1, 0.15) is 11.8 Å². The topological polar surface area (TPSA) is 51.0 Å². The molecule has 0 saturated heterocycles. The lowest BCUT2D eigenvalue weighted by atomic mass is 10.2. The molecule has 0 fully saturated rings. The lowest BCUT2D eigenvalue weighted by Crippen LogP contribution is -2.31. The standard InChI is InChI=1S/C20H21BrN4OS2/c1-3-12-25-19(15-8-6-5-7-9-15)22-23-20(25)27-14-18(26)24(4-2)13-16-10-11-17(21)28-16/h3,5-11H,1,4,12-14H2,2H3. The molecule has 0 radical (unpaired) electrons. The van der Waals surface area contributed by atoms with Crippen LogP contribution in [0.3, 0.4) is 0 Å². The largest absolute Gasteiger partial charge is 0.337 e. The zero-order valence-electron chi connectivity index (χ0n) is 15.5. The van der Waals surface area contributed by atoms with Crippen molar-refractivity contribution in [1.29, 1.82) is 0 Å². The Morgan fingerprint density at radius 2 is 2.07 bits per heavy atom. The minimum Gasteiger partial charge on any atom is -0.337 e. The molecule has 3 aromatic rings. The first-order chi connectivity index (χ1) is 13.6. The number of amides is 1. The number of carbonyl (C=O) groups is 1. The summed E-state index contributed by atoms with van der Waals surface area (Å²) in [6.07, 6.45) is 1.81. The van der Waals surface area contributed by atoms with Crippen LogP contribution in [0.4, 0.5) is 0 Å². The summed E-state index contributed by atoms with van der Waals surface area (Å²) in [7, 11) is 0. The highest BCUT2D eigenvalue weighted by Crippen LogP contribution is 2.26. The molecule has 2 aromatic heterocycles. The van der Waals surface area contributed by atoms with Gasteiger partial charge in [0.05, 0.1) is 16.1 Å². The fourth-order valence-corrected chi connectivity index (χ4v) is 5.06. The fourth-order valence-electron chi connectivity index (χ4n) is 2.71. The molecule has 0 aliphatic carbocycles. The highest BCUT2D eigenvalue weighted by atomic mass is 79.9. The van der Waals surface area contributed by atoms with E-state index < -0.39 is 0 Å². The van der Waals surface area contributed by atoms with Crippen LogP contribution in [-0.4, -0.2) is 37.9 Å². The molecule has 0 unspecified atom stereocenters. The van der Waals surface area contributed by atoms with Crippen LogP contribution in [0.2, 0.25) is 0 Å². The molecule has 2 heterocycles. The minimum atomic E-state index is 0.0893. The Bertz CT molecular complexity index is 939. The van der Waals surface area contributed by atoms with Crippen molar-refractivity contribution >= 4 is 44.9 Å². The lowest BCUT2D eigenvalue weighted by Gasteiger charge is -2.19. The molecule has 1 amide bonds. The monoisotopic (exact) mass is 476 g/mol. The molecule has 146 valence electrons. The number of rotatable bonds is 9. The van der Waals surface area contributed by atoms with Crippen LogP contribution in [0.15, 0.2) is 64.1 Å². The zero-order valence-corrected chi connectivity index (χ0v) is 18.8. The van der Waals surface area contributed by atoms with Gasteiger partial charge in [0.2, 0.25) is 5.91 Å². The number of hydrogen-bond donors (Lipinski definition) is 0. The second kappa shape index (κ2) is 10.0. The van der Waals surface area contributed by atoms with E-state index in [9.17, 15) is 4.79 Å². The first kappa shape index (κ1) is 20.8. The maximum atomic E-state index is 12.7. The summed E-state index contributed by atoms with van der Waals surface area (Å²) in [6, 6.07) is 14.0. The molecule has 0 bridgehead atoms. The van der Waals surface area contributed by atoms with E-state index in [4.69, 9.17) is 0 Å². The molecule has 0 aliphatic rings. The predicted molar refractivity (Wildman–Crippen MR) is 119 cm³/mol. The fraction of sp³-hybridized carbons (Fsp3) is 0.250. The molecule has 0 saturated carbocycles. The molecular formula is C20H21BrN4OS2. The third-order valence-corrected chi connectivity index (χ3v) is 6.66. The van der Waals surface area contributed by atoms with E-state index in [-0.39, 0.29) is 5.91 Å². The maximum Gasteiger partial charge on any atom is 0.233 e. The first-order valence-electron chi connectivity index (χ1n) is 8.86. The highest BCUT2D eigenvalue weighted by molar-refractivity contribution is 9.11. The first-order valence-corrected chi connectivity index (χ1v) is 11.5. The maximum absolute atomic E-state index is 12.7. The molecule has 8 heteroatoms. The van der Waals surface area contributed by atoms with E-state index >= 15 is 0 Å². The van der Waals surface area contributed by atoms with Crippen LogP contribution in [0, 0.1) is 0 Å². The third-order valence-electron chi connectivity index (χ3n) is 4.10. The van der Waals surface area contributed by atoms with E-state index in [1.807, 2.05) is 64.9 Å². The van der Waals surface area contributed by atoms with Gasteiger partial charge in [-0.15, -0.1) is 28.1 Å². The smallest absolute Gasteiger partial charge is 0.233 e. The van der Waals surface area contributed by atoms with Gasteiger partial charge >= 0.3 is 0 Å². The van der Waals surface area contributed by atoms with Gasteiger partial charge in [-0.1, -0.05) is 48.2 Å². The van der Waals surface area contributed by atoms with Crippen LogP contribution in [-0.2, 0) is 17.9 Å². The van der Waals surface area contributed by atoms with E-state index in [2.05, 4.69) is 32.7 Å². The Morgan fingerprint density at radius 3 is 2.71 bits per heavy atom. The van der Waals surface area contributed by atoms with Crippen LogP contribution in [0.5, 0.6) is 0 Å². The van der Waals surface area contributed by atoms with E-state index in [1.54, 1.807) is 11.3 Å². The molecule has 3 rings (SSSR count). The van der Waals surface area contributed by atoms with Gasteiger partial charge in [0.25, 0.3) is 0 Å². The van der Waals surface area contributed by atoms with E-state index in [1.165, 1.54) is 11.8 Å². The quantitative estimate of drug-likeness (QED) is 0.318. The van der Waals surface area contributed by atoms with Crippen LogP contribution in [0.25, 0.3) is 11.4 Å². The third kappa shape index (κ3) is 5.12. The van der Waals surface area contributed by atoms with Crippen molar-refractivity contribution in [2.45, 2.75) is 25.2 Å². The summed E-state index contributed by atoms with van der Waals surface area (Å²) < 4.78 is 3.07. The van der Waals surface area contributed by atoms with Crippen molar-refractivity contribution in [3.8, 4) is 11.4 Å². The number of thioether (sulfide) groups is 1. The summed E-state index contributed by atoms with van der Waals surface area (Å²) in [5.41, 5.74) is 0.994. The average Bonchev–Trinajstić information content (AvgIpc) is 3.31. The summed E-state index contributed by atoms with van der Waals surface area (Å²) in [4.78, 5) is 15.7. The lowest BCUT2D eigenvalue weighted by molar-refractivity contribution is -0.128. The number of halogens is 1. The second-order valence-electron chi connectivity index (χ2n) is 5.97. The van der Waals surface area contributed by atoms with Gasteiger partial charge in [-0.05, 0) is 35.0 Å². The molecular weight excluding hydrogens is 456 g/mol. The number of carbonyl (C=O) groups excluding carboxylic acids is 1. The van der Waals surface area contributed by atoms with Crippen LogP contribution < -0.4 is 0 Å². The number of thiophene rings is 1. The van der Waals surface area contributed by atoms with E-state index in [0.717, 1.165) is 25.2 Å². The van der Waals surface area contributed by atoms with Gasteiger partial charge in [-0.2, -0.15) is 0 Å². The van der Waals surface area contributed by atoms with Gasteiger partial charge in [-0.3, -0.25) is 9.36 Å². The van der Waals surface area contributed by atoms with Gasteiger partial charge in [0.1, 0.15) is 0 Å². The minimum absolute atomic E-state index is 0.0893. The van der Waals surface area contributed by atoms with Crippen molar-refractivity contribution in [3.05, 3.63) is 63.8 Å². The average molecular weight is 477 g/mol. The summed E-state index contributed by atoms with van der Waals surface area (Å²) in [5, 5.41) is 9.37. The van der Waals surface area contributed by atoms with Crippen molar-refractivity contribution in [2.24, 2.45) is 0 Å². The van der Waals surface area contributed by atoms with Crippen molar-refractivity contribution < 1.29 is 4.79 Å². The highest BCUT2D eigenvalue weighted by Gasteiger charge is 2.18. The van der Waals surface area contributed by atoms with Gasteiger partial charge < -0.3 is 4.90 Å². The number of nitrogens with zero attached hydrogens (tertiary/aromatic N) is 4. The molecule has 1 aromatic carbocycles. The molecule has 28 heavy (non-hydrogen) atoms. The van der Waals surface area contributed by atoms with Gasteiger partial charge in [0, 0.05) is 23.5 Å². The molecule has 0 N–H and O–H groups in total. The summed E-state index contributed by atoms with van der Waals surface area (Å²) in [6.45, 7) is 7.72. The van der Waals surface area contributed by atoms with E-state index in [0.29, 0.717) is 25.4 Å². The molecule has 0 atom stereocenters. The predicted octanol–water partition coefficient (Wildman–Crippen LogP) is 5.10. The molecule has 0 aliphatic heterocycles. The van der Waals surface area contributed by atoms with Gasteiger partial charge in [-0.25, -0.2) is 0 Å². The molecule has 0 spiro atoms. The van der Waals surface area contributed by atoms with Gasteiger partial charge in [0.15, 0.2) is 11.0 Å². The summed E-state index contributed by atoms with van der Waals surface area (Å²) in [5.74, 6) is 1.20. The normalized spacial score (nSPS) is 10.8. The zero-order chi connectivity index (χ0) is 19.9. The second-order valence-corrected chi connectivity index (χ2v) is 9.46. The Hall–Kier alpha value is -1.90. The van der Waals surface area contributed by atoms with Crippen molar-refractivity contribution in [1.82, 2.24) is 19.7 Å². The Morgan fingerprint density at radius 1 is 1.29 bits per heavy atom. The Balaban J connectivity index is 1.70. The number of aromatic nitrogens is 3. The van der Waals surface area contributed by atoms with Crippen molar-refractivity contribution in [3.63, 3.8) is 0 Å². The Labute approximate surface area is 181 Å². The number of hydrogen-bond acceptors (Lipinski definition) is 5. The number of benzene rings is 1. The molecule has 5 nitrogen and oxygen atoms in total. The SMILES string of the molecule is C=CCn1c(SCC(=O)N(CC)Cc2ccc(Br)s2)nnc1-c1ccccc1. The summed E-state index contributed by atoms with van der Waals surface area (Å²) >= 11 is 6.54.